The Hall–Kier alpha value is -3.48. The van der Waals surface area contributed by atoms with Crippen LogP contribution >= 0.6 is 23.3 Å². The molecule has 2 unspecified atom stereocenters. The zero-order chi connectivity index (χ0) is 27.5. The number of oxime groups is 1. The lowest BCUT2D eigenvalue weighted by Gasteiger charge is -2.53. The predicted molar refractivity (Wildman–Crippen MR) is 119 cm³/mol. The van der Waals surface area contributed by atoms with E-state index in [1.54, 1.807) is 0 Å². The van der Waals surface area contributed by atoms with Crippen LogP contribution in [0.15, 0.2) is 5.16 Å². The minimum Gasteiger partial charge on any atom is -0.481 e. The first-order chi connectivity index (χ1) is 17.2. The normalized spacial score (nSPS) is 23.5. The van der Waals surface area contributed by atoms with Crippen LogP contribution < -0.4 is 11.1 Å². The van der Waals surface area contributed by atoms with Crippen molar-refractivity contribution in [3.05, 3.63) is 5.82 Å². The maximum Gasteiger partial charge on any atom is 0.425 e. The van der Waals surface area contributed by atoms with Crippen LogP contribution in [0.25, 0.3) is 0 Å². The van der Waals surface area contributed by atoms with Crippen molar-refractivity contribution < 1.29 is 51.8 Å². The van der Waals surface area contributed by atoms with Gasteiger partial charge in [-0.05, 0) is 6.92 Å². The second kappa shape index (κ2) is 10.9. The lowest BCUT2D eigenvalue weighted by molar-refractivity contribution is -0.174. The Morgan fingerprint density at radius 2 is 2.05 bits per heavy atom. The monoisotopic (exact) mass is 568 g/mol. The number of carbonyl (C=O) groups is 5. The summed E-state index contributed by atoms with van der Waals surface area (Å²) in [5.41, 5.74) is 3.05. The van der Waals surface area contributed by atoms with E-state index in [2.05, 4.69) is 24.7 Å². The van der Waals surface area contributed by atoms with Crippen LogP contribution in [-0.2, 0) is 33.5 Å². The molecule has 1 aromatic rings. The van der Waals surface area contributed by atoms with Gasteiger partial charge in [0.25, 0.3) is 5.91 Å². The molecule has 0 bridgehead atoms. The molecule has 0 aromatic carbocycles. The number of rotatable bonds is 10. The number of ether oxygens (including phenoxy) is 1. The standard InChI is InChI=1S/C18H19F3N6O8S2/c1-7(28)2-8(29)34-4-17(15(32)33)3-27-13(31)10(14(27)36-6-17)23-12(30)9(11-24-16(22)37-26-11)25-35-5-18(19,20)21/h10,14H,2-6H2,1H3,(H,23,30)(H,32,33)(H2,22,24,26)/t10?,14-,17?/m1/s1. The third-order valence-electron chi connectivity index (χ3n) is 5.04. The van der Waals surface area contributed by atoms with Crippen molar-refractivity contribution in [2.24, 2.45) is 10.6 Å². The maximum atomic E-state index is 12.8. The highest BCUT2D eigenvalue weighted by molar-refractivity contribution is 8.00. The summed E-state index contributed by atoms with van der Waals surface area (Å²) < 4.78 is 45.9. The number of amides is 2. The zero-order valence-electron chi connectivity index (χ0n) is 18.8. The molecular formula is C18H19F3N6O8S2. The fourth-order valence-electron chi connectivity index (χ4n) is 3.27. The summed E-state index contributed by atoms with van der Waals surface area (Å²) in [7, 11) is 0. The number of carbonyl (C=O) groups excluding carboxylic acids is 4. The van der Waals surface area contributed by atoms with Crippen LogP contribution in [-0.4, -0.2) is 97.7 Å². The Kier molecular flexibility index (Phi) is 8.25. The van der Waals surface area contributed by atoms with E-state index in [4.69, 9.17) is 10.5 Å². The third-order valence-corrected chi connectivity index (χ3v) is 7.17. The lowest BCUT2D eigenvalue weighted by Crippen LogP contribution is -2.74. The molecule has 0 aliphatic carbocycles. The fourth-order valence-corrected chi connectivity index (χ4v) is 5.23. The number of hydrogen-bond donors (Lipinski definition) is 3. The van der Waals surface area contributed by atoms with E-state index in [9.17, 15) is 42.3 Å². The molecule has 2 amide bonds. The number of fused-ring (bicyclic) bond motifs is 1. The van der Waals surface area contributed by atoms with Crippen molar-refractivity contribution in [3.63, 3.8) is 0 Å². The summed E-state index contributed by atoms with van der Waals surface area (Å²) in [4.78, 5) is 69.2. The van der Waals surface area contributed by atoms with E-state index in [0.29, 0.717) is 11.5 Å². The second-order valence-corrected chi connectivity index (χ2v) is 9.92. The number of Topliss-reactive ketones (excluding diaryl/α,β-unsaturated/α-hetero) is 1. The molecule has 3 heterocycles. The van der Waals surface area contributed by atoms with Crippen LogP contribution in [0, 0.1) is 5.41 Å². The third kappa shape index (κ3) is 6.64. The number of hydrogen-bond acceptors (Lipinski definition) is 13. The van der Waals surface area contributed by atoms with Gasteiger partial charge < -0.3 is 30.6 Å². The molecule has 14 nitrogen and oxygen atoms in total. The summed E-state index contributed by atoms with van der Waals surface area (Å²) in [6, 6.07) is -1.17. The molecule has 4 N–H and O–H groups in total. The van der Waals surface area contributed by atoms with Gasteiger partial charge in [0.15, 0.2) is 5.13 Å². The van der Waals surface area contributed by atoms with Crippen LogP contribution in [0.2, 0.25) is 0 Å². The topological polar surface area (TPSA) is 203 Å². The number of alkyl halides is 3. The Bertz CT molecular complexity index is 1140. The lowest BCUT2D eigenvalue weighted by atomic mass is 9.88. The quantitative estimate of drug-likeness (QED) is 0.106. The molecule has 0 spiro atoms. The number of aromatic nitrogens is 2. The number of thioether (sulfide) groups is 1. The Morgan fingerprint density at radius 3 is 2.62 bits per heavy atom. The highest BCUT2D eigenvalue weighted by atomic mass is 32.2. The summed E-state index contributed by atoms with van der Waals surface area (Å²) in [5, 5.41) is 14.4. The van der Waals surface area contributed by atoms with Crippen LogP contribution in [0.1, 0.15) is 19.2 Å². The molecule has 3 rings (SSSR count). The molecule has 37 heavy (non-hydrogen) atoms. The van der Waals surface area contributed by atoms with Gasteiger partial charge in [-0.3, -0.25) is 24.0 Å². The Balaban J connectivity index is 1.68. The average Bonchev–Trinajstić information content (AvgIpc) is 3.23. The molecule has 2 aliphatic rings. The number of β-lactam (4-membered cyclic amide) rings is 1. The summed E-state index contributed by atoms with van der Waals surface area (Å²) in [6.45, 7) is -1.57. The van der Waals surface area contributed by atoms with Gasteiger partial charge in [0.1, 0.15) is 35.6 Å². The van der Waals surface area contributed by atoms with Crippen molar-refractivity contribution in [2.45, 2.75) is 30.9 Å². The van der Waals surface area contributed by atoms with E-state index in [1.807, 2.05) is 0 Å². The van der Waals surface area contributed by atoms with E-state index < -0.39 is 83.7 Å². The van der Waals surface area contributed by atoms with Crippen LogP contribution in [0.4, 0.5) is 18.3 Å². The van der Waals surface area contributed by atoms with Crippen molar-refractivity contribution in [1.82, 2.24) is 19.6 Å². The first-order valence-corrected chi connectivity index (χ1v) is 12.0. The smallest absolute Gasteiger partial charge is 0.425 e. The minimum atomic E-state index is -4.74. The minimum absolute atomic E-state index is 0.103. The highest BCUT2D eigenvalue weighted by Gasteiger charge is 2.58. The van der Waals surface area contributed by atoms with Crippen molar-refractivity contribution in [2.75, 3.05) is 31.2 Å². The molecule has 0 radical (unpaired) electrons. The molecule has 2 fully saturated rings. The maximum absolute atomic E-state index is 12.8. The SMILES string of the molecule is CC(=O)CC(=O)OCC1(C(=O)O)CS[C@@H]2C(NC(=O)C(=NOCC(F)(F)F)c3nsc(N)n3)C(=O)N2C1. The van der Waals surface area contributed by atoms with Crippen molar-refractivity contribution in [3.8, 4) is 0 Å². The number of ketones is 1. The summed E-state index contributed by atoms with van der Waals surface area (Å²) in [6.07, 6.45) is -5.27. The summed E-state index contributed by atoms with van der Waals surface area (Å²) >= 11 is 1.63. The number of anilines is 1. The average molecular weight is 569 g/mol. The molecular weight excluding hydrogens is 549 g/mol. The molecule has 3 atom stereocenters. The van der Waals surface area contributed by atoms with Gasteiger partial charge in [-0.15, -0.1) is 11.8 Å². The van der Waals surface area contributed by atoms with E-state index in [-0.39, 0.29) is 17.4 Å². The molecule has 2 aliphatic heterocycles. The first kappa shape index (κ1) is 28.1. The van der Waals surface area contributed by atoms with Gasteiger partial charge in [0.2, 0.25) is 24.1 Å². The van der Waals surface area contributed by atoms with Gasteiger partial charge in [0, 0.05) is 23.8 Å². The predicted octanol–water partition coefficient (Wildman–Crippen LogP) is -0.603. The van der Waals surface area contributed by atoms with Gasteiger partial charge in [0.05, 0.1) is 0 Å². The second-order valence-electron chi connectivity index (χ2n) is 8.03. The van der Waals surface area contributed by atoms with Crippen molar-refractivity contribution in [1.29, 1.82) is 0 Å². The number of aliphatic carboxylic acids is 1. The number of esters is 1. The van der Waals surface area contributed by atoms with Crippen molar-refractivity contribution >= 4 is 63.7 Å². The molecule has 2 saturated heterocycles. The largest absolute Gasteiger partial charge is 0.481 e. The number of carboxylic acid groups (broad SMARTS) is 1. The molecule has 19 heteroatoms. The number of nitrogens with zero attached hydrogens (tertiary/aromatic N) is 4. The van der Waals surface area contributed by atoms with Gasteiger partial charge in [-0.1, -0.05) is 5.16 Å². The van der Waals surface area contributed by atoms with Crippen LogP contribution in [0.3, 0.4) is 0 Å². The number of nitrogen functional groups attached to an aromatic ring is 1. The molecule has 1 aromatic heterocycles. The number of nitrogens with two attached hydrogens (primary N) is 1. The fraction of sp³-hybridized carbons (Fsp3) is 0.556. The van der Waals surface area contributed by atoms with Gasteiger partial charge >= 0.3 is 18.1 Å². The van der Waals surface area contributed by atoms with E-state index in [0.717, 1.165) is 16.7 Å². The van der Waals surface area contributed by atoms with Gasteiger partial charge in [-0.25, -0.2) is 0 Å². The molecule has 0 saturated carbocycles. The highest BCUT2D eigenvalue weighted by Crippen LogP contribution is 2.42. The zero-order valence-corrected chi connectivity index (χ0v) is 20.4. The summed E-state index contributed by atoms with van der Waals surface area (Å²) in [5.74, 6) is -5.05. The molecule has 202 valence electrons. The van der Waals surface area contributed by atoms with Crippen LogP contribution in [0.5, 0.6) is 0 Å². The Labute approximate surface area is 213 Å². The number of halogens is 3. The van der Waals surface area contributed by atoms with Gasteiger partial charge in [-0.2, -0.15) is 22.5 Å². The van der Waals surface area contributed by atoms with E-state index in [1.165, 1.54) is 6.92 Å². The Morgan fingerprint density at radius 1 is 1.35 bits per heavy atom. The first-order valence-electron chi connectivity index (χ1n) is 10.2. The number of nitrogens with one attached hydrogen (secondary N) is 1. The van der Waals surface area contributed by atoms with E-state index >= 15 is 0 Å². The number of carboxylic acids is 1.